The summed E-state index contributed by atoms with van der Waals surface area (Å²) in [6.45, 7) is -0.0691. The molecule has 0 bridgehead atoms. The van der Waals surface area contributed by atoms with E-state index in [2.05, 4.69) is 10.3 Å². The van der Waals surface area contributed by atoms with Crippen LogP contribution in [0.5, 0.6) is 5.75 Å². The summed E-state index contributed by atoms with van der Waals surface area (Å²) in [4.78, 5) is 57.9. The van der Waals surface area contributed by atoms with Crippen molar-refractivity contribution >= 4 is 34.7 Å². The van der Waals surface area contributed by atoms with Crippen LogP contribution in [0.4, 0.5) is 5.69 Å². The van der Waals surface area contributed by atoms with Crippen LogP contribution in [-0.4, -0.2) is 75.1 Å². The van der Waals surface area contributed by atoms with Gasteiger partial charge in [-0.05, 0) is 68.6 Å². The molecule has 4 atom stereocenters. The van der Waals surface area contributed by atoms with Gasteiger partial charge in [0, 0.05) is 23.5 Å². The van der Waals surface area contributed by atoms with E-state index in [1.165, 1.54) is 12.1 Å². The van der Waals surface area contributed by atoms with Crippen LogP contribution in [-0.2, 0) is 20.8 Å². The van der Waals surface area contributed by atoms with Gasteiger partial charge in [0.05, 0.1) is 29.8 Å². The van der Waals surface area contributed by atoms with E-state index in [1.54, 1.807) is 43.5 Å². The molecule has 3 aliphatic carbocycles. The number of primary amides is 1. The first kappa shape index (κ1) is 26.1. The number of rotatable bonds is 6. The maximum atomic E-state index is 13.8. The van der Waals surface area contributed by atoms with Crippen molar-refractivity contribution in [2.75, 3.05) is 26.0 Å². The van der Waals surface area contributed by atoms with Gasteiger partial charge in [0.25, 0.3) is 5.91 Å². The molecular formula is C28H28N4O7. The lowest BCUT2D eigenvalue weighted by Gasteiger charge is -2.46. The first-order valence-corrected chi connectivity index (χ1v) is 12.5. The van der Waals surface area contributed by atoms with E-state index in [9.17, 15) is 34.5 Å². The van der Waals surface area contributed by atoms with E-state index in [4.69, 9.17) is 5.73 Å². The fourth-order valence-electron chi connectivity index (χ4n) is 6.27. The minimum atomic E-state index is -1.33. The first-order chi connectivity index (χ1) is 18.5. The van der Waals surface area contributed by atoms with Gasteiger partial charge in [-0.1, -0.05) is 0 Å². The van der Waals surface area contributed by atoms with Crippen LogP contribution in [0.25, 0.3) is 5.76 Å². The Labute approximate surface area is 223 Å². The number of hydrogen-bond donors (Lipinski definition) is 5. The highest BCUT2D eigenvalue weighted by Gasteiger charge is 2.55. The third kappa shape index (κ3) is 4.15. The Morgan fingerprint density at radius 3 is 2.51 bits per heavy atom. The Bertz CT molecular complexity index is 1480. The van der Waals surface area contributed by atoms with Crippen LogP contribution >= 0.6 is 0 Å². The number of fused-ring (bicyclic) bond motifs is 3. The van der Waals surface area contributed by atoms with E-state index in [0.29, 0.717) is 11.3 Å². The molecule has 11 nitrogen and oxygen atoms in total. The number of likely N-dealkylation sites (N-methyl/N-ethyl adjacent to an activating group) is 1. The number of amides is 1. The number of phenols is 1. The fourth-order valence-corrected chi connectivity index (χ4v) is 6.27. The summed E-state index contributed by atoms with van der Waals surface area (Å²) in [7, 11) is 3.31. The van der Waals surface area contributed by atoms with Crippen molar-refractivity contribution in [3.8, 4) is 5.75 Å². The number of allylic oxidation sites excluding steroid dienone is 1. The number of benzene rings is 1. The number of aromatic hydroxyl groups is 1. The molecule has 1 fully saturated rings. The Kier molecular flexibility index (Phi) is 6.47. The zero-order chi connectivity index (χ0) is 28.2. The average molecular weight is 533 g/mol. The second kappa shape index (κ2) is 9.66. The highest BCUT2D eigenvalue weighted by Crippen LogP contribution is 2.50. The van der Waals surface area contributed by atoms with E-state index in [1.807, 2.05) is 0 Å². The zero-order valence-corrected chi connectivity index (χ0v) is 21.3. The molecule has 0 aliphatic heterocycles. The lowest BCUT2D eigenvalue weighted by molar-refractivity contribution is -0.136. The van der Waals surface area contributed by atoms with Crippen molar-refractivity contribution in [3.63, 3.8) is 0 Å². The normalized spacial score (nSPS) is 24.3. The highest BCUT2D eigenvalue weighted by atomic mass is 16.3. The number of aromatic nitrogens is 1. The third-order valence-electron chi connectivity index (χ3n) is 7.86. The molecule has 1 heterocycles. The molecule has 202 valence electrons. The molecule has 1 aromatic heterocycles. The van der Waals surface area contributed by atoms with Crippen molar-refractivity contribution in [1.82, 2.24) is 9.88 Å². The van der Waals surface area contributed by atoms with Gasteiger partial charge in [-0.3, -0.25) is 29.1 Å². The predicted molar refractivity (Wildman–Crippen MR) is 140 cm³/mol. The number of anilines is 1. The maximum Gasteiger partial charge on any atom is 0.255 e. The lowest BCUT2D eigenvalue weighted by atomic mass is 9.59. The van der Waals surface area contributed by atoms with Crippen LogP contribution in [0.15, 0.2) is 53.6 Å². The molecule has 39 heavy (non-hydrogen) atoms. The Morgan fingerprint density at radius 1 is 1.13 bits per heavy atom. The van der Waals surface area contributed by atoms with Gasteiger partial charge in [-0.2, -0.15) is 0 Å². The molecule has 0 spiro atoms. The second-order valence-electron chi connectivity index (χ2n) is 10.3. The standard InChI is InChI=1S/C28H28N4O7/c1-32(2)23-16-9-12-8-15-14(18(34)11-31-13-4-3-7-30-10-13)5-6-17(33)20(15)24(35)19(12)25(36)21(16)26(37)22(27(23)38)28(29)39/h3-7,10,12,16,21,23,31,33,35,38H,8-9,11H2,1-2H3,(H2,29,39)/t12?,16?,21?,23-/m0/s1. The second-order valence-corrected chi connectivity index (χ2v) is 10.3. The largest absolute Gasteiger partial charge is 0.510 e. The molecule has 1 amide bonds. The highest BCUT2D eigenvalue weighted by molar-refractivity contribution is 6.28. The number of nitrogens with one attached hydrogen (secondary N) is 1. The fraction of sp³-hybridized carbons (Fsp3) is 0.321. The molecule has 5 rings (SSSR count). The minimum Gasteiger partial charge on any atom is -0.510 e. The summed E-state index contributed by atoms with van der Waals surface area (Å²) in [5, 5.41) is 35.8. The van der Waals surface area contributed by atoms with Crippen LogP contribution in [0.2, 0.25) is 0 Å². The number of hydrogen-bond acceptors (Lipinski definition) is 10. The monoisotopic (exact) mass is 532 g/mol. The molecule has 1 saturated carbocycles. The minimum absolute atomic E-state index is 0.0267. The summed E-state index contributed by atoms with van der Waals surface area (Å²) in [5.74, 6) is -6.90. The number of phenolic OH excluding ortho intramolecular Hbond substituents is 1. The summed E-state index contributed by atoms with van der Waals surface area (Å²) in [6.07, 6.45) is 3.53. The van der Waals surface area contributed by atoms with Gasteiger partial charge < -0.3 is 26.4 Å². The van der Waals surface area contributed by atoms with Crippen molar-refractivity contribution in [2.45, 2.75) is 18.9 Å². The molecule has 1 aromatic carbocycles. The number of nitrogens with two attached hydrogens (primary N) is 1. The molecule has 0 radical (unpaired) electrons. The lowest BCUT2D eigenvalue weighted by Crippen LogP contribution is -2.55. The van der Waals surface area contributed by atoms with E-state index in [0.717, 1.165) is 0 Å². The maximum absolute atomic E-state index is 13.8. The molecule has 3 unspecified atom stereocenters. The third-order valence-corrected chi connectivity index (χ3v) is 7.86. The van der Waals surface area contributed by atoms with Crippen molar-refractivity contribution in [3.05, 3.63) is 70.3 Å². The van der Waals surface area contributed by atoms with Crippen LogP contribution < -0.4 is 11.1 Å². The number of carbonyl (C=O) groups is 4. The van der Waals surface area contributed by atoms with Gasteiger partial charge in [-0.15, -0.1) is 0 Å². The quantitative estimate of drug-likeness (QED) is 0.208. The summed E-state index contributed by atoms with van der Waals surface area (Å²) < 4.78 is 0. The Hall–Kier alpha value is -4.51. The number of carbonyl (C=O) groups excluding carboxylic acids is 4. The molecule has 2 aromatic rings. The molecular weight excluding hydrogens is 504 g/mol. The number of Topliss-reactive ketones (excluding diaryl/α,β-unsaturated/α-hetero) is 3. The Balaban J connectivity index is 1.56. The summed E-state index contributed by atoms with van der Waals surface area (Å²) in [5.41, 5.74) is 6.03. The molecule has 6 N–H and O–H groups in total. The van der Waals surface area contributed by atoms with Crippen LogP contribution in [0.3, 0.4) is 0 Å². The molecule has 0 saturated heterocycles. The SMILES string of the molecule is CN(C)[C@@H]1C(O)=C(C(N)=O)C(=O)C2C(=O)C3=C(O)c4c(O)ccc(C(=O)CNc5cccnc5)c4CC3CC21. The smallest absolute Gasteiger partial charge is 0.255 e. The number of aliphatic hydroxyl groups is 2. The van der Waals surface area contributed by atoms with Crippen molar-refractivity contribution in [1.29, 1.82) is 0 Å². The number of pyridine rings is 1. The molecule has 11 heteroatoms. The van der Waals surface area contributed by atoms with Gasteiger partial charge in [-0.25, -0.2) is 0 Å². The Morgan fingerprint density at radius 2 is 1.87 bits per heavy atom. The van der Waals surface area contributed by atoms with Crippen molar-refractivity contribution in [2.24, 2.45) is 23.5 Å². The zero-order valence-electron chi connectivity index (χ0n) is 21.3. The van der Waals surface area contributed by atoms with Gasteiger partial charge in [0.1, 0.15) is 22.8 Å². The average Bonchev–Trinajstić information content (AvgIpc) is 2.87. The van der Waals surface area contributed by atoms with Gasteiger partial charge >= 0.3 is 0 Å². The number of aliphatic hydroxyl groups excluding tert-OH is 2. The van der Waals surface area contributed by atoms with E-state index < -0.39 is 58.4 Å². The summed E-state index contributed by atoms with van der Waals surface area (Å²) >= 11 is 0. The topological polar surface area (TPSA) is 183 Å². The summed E-state index contributed by atoms with van der Waals surface area (Å²) in [6, 6.07) is 5.41. The predicted octanol–water partition coefficient (Wildman–Crippen LogP) is 1.54. The number of ketones is 3. The van der Waals surface area contributed by atoms with E-state index >= 15 is 0 Å². The van der Waals surface area contributed by atoms with Crippen molar-refractivity contribution < 1.29 is 34.5 Å². The first-order valence-electron chi connectivity index (χ1n) is 12.5. The number of nitrogens with zero attached hydrogens (tertiary/aromatic N) is 2. The van der Waals surface area contributed by atoms with Crippen LogP contribution in [0, 0.1) is 17.8 Å². The van der Waals surface area contributed by atoms with Crippen LogP contribution in [0.1, 0.15) is 27.9 Å². The van der Waals surface area contributed by atoms with Gasteiger partial charge in [0.2, 0.25) is 0 Å². The molecule has 3 aliphatic rings. The van der Waals surface area contributed by atoms with E-state index in [-0.39, 0.29) is 47.6 Å². The van der Waals surface area contributed by atoms with Gasteiger partial charge in [0.15, 0.2) is 17.3 Å².